The van der Waals surface area contributed by atoms with E-state index in [1.54, 1.807) is 26.8 Å². The molecule has 0 fully saturated rings. The average Bonchev–Trinajstić information content (AvgIpc) is 2.36. The van der Waals surface area contributed by atoms with Gasteiger partial charge in [-0.3, -0.25) is 0 Å². The number of alkyl halides is 3. The number of benzene rings is 1. The molecule has 2 atom stereocenters. The molecule has 0 aliphatic heterocycles. The van der Waals surface area contributed by atoms with Crippen LogP contribution in [-0.4, -0.2) is 15.1 Å². The van der Waals surface area contributed by atoms with E-state index in [9.17, 15) is 17.4 Å². The Morgan fingerprint density at radius 3 is 2.10 bits per heavy atom. The van der Waals surface area contributed by atoms with E-state index in [4.69, 9.17) is 0 Å². The molecule has 2 nitrogen and oxygen atoms in total. The molecule has 21 heavy (non-hydrogen) atoms. The standard InChI is InChI=1S/C15H20F3NOS/c1-5-11-14(15(16,17)18,12-9-7-6-8-10-12)19-21(20)13(2,3)4/h5-10,19H,1,11H2,2-4H3. The third-order valence-corrected chi connectivity index (χ3v) is 4.67. The molecule has 1 aromatic carbocycles. The second-order valence-electron chi connectivity index (χ2n) is 5.75. The van der Waals surface area contributed by atoms with Gasteiger partial charge < -0.3 is 0 Å². The van der Waals surface area contributed by atoms with Crippen molar-refractivity contribution in [1.29, 1.82) is 0 Å². The molecule has 0 amide bonds. The van der Waals surface area contributed by atoms with E-state index in [0.717, 1.165) is 0 Å². The average molecular weight is 319 g/mol. The molecule has 0 bridgehead atoms. The number of nitrogens with one attached hydrogen (secondary N) is 1. The van der Waals surface area contributed by atoms with Crippen LogP contribution in [0.2, 0.25) is 0 Å². The van der Waals surface area contributed by atoms with Gasteiger partial charge in [0.1, 0.15) is 0 Å². The first kappa shape index (κ1) is 17.9. The van der Waals surface area contributed by atoms with Crippen LogP contribution in [-0.2, 0) is 16.5 Å². The zero-order chi connectivity index (χ0) is 16.3. The lowest BCUT2D eigenvalue weighted by molar-refractivity contribution is -0.193. The highest BCUT2D eigenvalue weighted by molar-refractivity contribution is 7.84. The lowest BCUT2D eigenvalue weighted by atomic mass is 9.87. The summed E-state index contributed by atoms with van der Waals surface area (Å²) in [7, 11) is -1.87. The summed E-state index contributed by atoms with van der Waals surface area (Å²) < 4.78 is 55.0. The van der Waals surface area contributed by atoms with Gasteiger partial charge in [0.15, 0.2) is 5.54 Å². The molecule has 6 heteroatoms. The van der Waals surface area contributed by atoms with Crippen molar-refractivity contribution in [2.75, 3.05) is 0 Å². The topological polar surface area (TPSA) is 29.1 Å². The van der Waals surface area contributed by atoms with Crippen LogP contribution in [0.4, 0.5) is 13.2 Å². The van der Waals surface area contributed by atoms with Crippen molar-refractivity contribution in [2.24, 2.45) is 0 Å². The fourth-order valence-corrected chi connectivity index (χ4v) is 2.75. The molecular weight excluding hydrogens is 299 g/mol. The molecule has 0 radical (unpaired) electrons. The van der Waals surface area contributed by atoms with Crippen LogP contribution in [0.1, 0.15) is 32.8 Å². The third-order valence-electron chi connectivity index (χ3n) is 3.02. The highest BCUT2D eigenvalue weighted by atomic mass is 32.2. The highest BCUT2D eigenvalue weighted by Gasteiger charge is 2.56. The summed E-state index contributed by atoms with van der Waals surface area (Å²) in [6.45, 7) is 8.28. The Morgan fingerprint density at radius 2 is 1.71 bits per heavy atom. The van der Waals surface area contributed by atoms with Crippen molar-refractivity contribution in [3.05, 3.63) is 48.6 Å². The minimum Gasteiger partial charge on any atom is -0.242 e. The Labute approximate surface area is 126 Å². The van der Waals surface area contributed by atoms with Crippen molar-refractivity contribution in [3.63, 3.8) is 0 Å². The third kappa shape index (κ3) is 3.95. The van der Waals surface area contributed by atoms with Crippen LogP contribution in [0.25, 0.3) is 0 Å². The molecule has 0 saturated carbocycles. The molecule has 0 saturated heterocycles. The molecule has 0 aromatic heterocycles. The van der Waals surface area contributed by atoms with Crippen LogP contribution >= 0.6 is 0 Å². The molecular formula is C15H20F3NOS. The molecule has 2 unspecified atom stereocenters. The van der Waals surface area contributed by atoms with Gasteiger partial charge in [-0.05, 0) is 32.8 Å². The monoisotopic (exact) mass is 319 g/mol. The van der Waals surface area contributed by atoms with E-state index in [-0.39, 0.29) is 5.56 Å². The number of halogens is 3. The number of rotatable bonds is 5. The maximum atomic E-state index is 13.8. The van der Waals surface area contributed by atoms with Gasteiger partial charge in [-0.1, -0.05) is 36.4 Å². The Hall–Kier alpha value is -1.14. The molecule has 0 aliphatic rings. The summed E-state index contributed by atoms with van der Waals surface area (Å²) in [6, 6.07) is 7.45. The summed E-state index contributed by atoms with van der Waals surface area (Å²) >= 11 is 0. The molecule has 0 spiro atoms. The Kier molecular flexibility index (Phi) is 5.39. The summed E-state index contributed by atoms with van der Waals surface area (Å²) in [6.07, 6.45) is -3.82. The Bertz CT molecular complexity index is 508. The Morgan fingerprint density at radius 1 is 1.19 bits per heavy atom. The van der Waals surface area contributed by atoms with Crippen LogP contribution in [0.15, 0.2) is 43.0 Å². The summed E-state index contributed by atoms with van der Waals surface area (Å²) in [5.74, 6) is 0. The van der Waals surface area contributed by atoms with Crippen molar-refractivity contribution in [1.82, 2.24) is 4.72 Å². The second-order valence-corrected chi connectivity index (χ2v) is 7.71. The van der Waals surface area contributed by atoms with E-state index in [1.807, 2.05) is 0 Å². The summed E-state index contributed by atoms with van der Waals surface area (Å²) in [5, 5.41) is 0. The maximum absolute atomic E-state index is 13.8. The molecule has 0 heterocycles. The number of hydrogen-bond acceptors (Lipinski definition) is 1. The lowest BCUT2D eigenvalue weighted by Crippen LogP contribution is -2.56. The normalized spacial score (nSPS) is 17.0. The zero-order valence-corrected chi connectivity index (χ0v) is 13.1. The largest absolute Gasteiger partial charge is 0.411 e. The minimum absolute atomic E-state index is 0.0231. The van der Waals surface area contributed by atoms with Gasteiger partial charge in [-0.15, -0.1) is 6.58 Å². The van der Waals surface area contributed by atoms with Crippen molar-refractivity contribution < 1.29 is 17.4 Å². The molecule has 1 N–H and O–H groups in total. The van der Waals surface area contributed by atoms with Crippen LogP contribution in [0.3, 0.4) is 0 Å². The zero-order valence-electron chi connectivity index (χ0n) is 12.3. The lowest BCUT2D eigenvalue weighted by Gasteiger charge is -2.37. The van der Waals surface area contributed by atoms with Crippen molar-refractivity contribution in [3.8, 4) is 0 Å². The summed E-state index contributed by atoms with van der Waals surface area (Å²) in [4.78, 5) is 0. The molecule has 1 aromatic rings. The van der Waals surface area contributed by atoms with Crippen LogP contribution < -0.4 is 4.72 Å². The quantitative estimate of drug-likeness (QED) is 0.814. The van der Waals surface area contributed by atoms with Gasteiger partial charge in [0, 0.05) is 0 Å². The number of hydrogen-bond donors (Lipinski definition) is 1. The first-order valence-electron chi connectivity index (χ1n) is 6.47. The maximum Gasteiger partial charge on any atom is 0.411 e. The highest BCUT2D eigenvalue weighted by Crippen LogP contribution is 2.42. The van der Waals surface area contributed by atoms with Crippen molar-refractivity contribution in [2.45, 2.75) is 43.7 Å². The minimum atomic E-state index is -4.61. The van der Waals surface area contributed by atoms with E-state index in [0.29, 0.717) is 0 Å². The van der Waals surface area contributed by atoms with Crippen LogP contribution in [0.5, 0.6) is 0 Å². The van der Waals surface area contributed by atoms with Gasteiger partial charge >= 0.3 is 6.18 Å². The van der Waals surface area contributed by atoms with E-state index in [2.05, 4.69) is 11.3 Å². The predicted molar refractivity (Wildman–Crippen MR) is 80.0 cm³/mol. The molecule has 1 rings (SSSR count). The smallest absolute Gasteiger partial charge is 0.242 e. The van der Waals surface area contributed by atoms with E-state index in [1.165, 1.54) is 30.3 Å². The molecule has 0 aliphatic carbocycles. The van der Waals surface area contributed by atoms with Gasteiger partial charge in [-0.2, -0.15) is 13.2 Å². The fraction of sp³-hybridized carbons (Fsp3) is 0.467. The fourth-order valence-electron chi connectivity index (χ4n) is 1.81. The summed E-state index contributed by atoms with van der Waals surface area (Å²) in [5.41, 5.74) is -2.39. The van der Waals surface area contributed by atoms with Gasteiger partial charge in [0.05, 0.1) is 15.7 Å². The van der Waals surface area contributed by atoms with Gasteiger partial charge in [-0.25, -0.2) is 8.93 Å². The van der Waals surface area contributed by atoms with Crippen LogP contribution in [0, 0.1) is 0 Å². The van der Waals surface area contributed by atoms with E-state index < -0.39 is 33.9 Å². The first-order chi connectivity index (χ1) is 9.54. The van der Waals surface area contributed by atoms with Gasteiger partial charge in [0.25, 0.3) is 0 Å². The molecule has 118 valence electrons. The first-order valence-corrected chi connectivity index (χ1v) is 7.62. The van der Waals surface area contributed by atoms with E-state index >= 15 is 0 Å². The van der Waals surface area contributed by atoms with Crippen molar-refractivity contribution >= 4 is 11.0 Å². The second kappa shape index (κ2) is 6.32. The van der Waals surface area contributed by atoms with Gasteiger partial charge in [0.2, 0.25) is 0 Å². The Balaban J connectivity index is 3.40. The predicted octanol–water partition coefficient (Wildman–Crippen LogP) is 4.07. The SMILES string of the molecule is C=CCC(NS(=O)C(C)(C)C)(c1ccccc1)C(F)(F)F.